The van der Waals surface area contributed by atoms with Gasteiger partial charge in [0.25, 0.3) is 0 Å². The summed E-state index contributed by atoms with van der Waals surface area (Å²) in [4.78, 5) is 21.8. The Hall–Kier alpha value is -1.36. The number of carboxylic acid groups (broad SMARTS) is 1. The Morgan fingerprint density at radius 2 is 1.93 bits per heavy atom. The Morgan fingerprint density at radius 1 is 1.40 bits per heavy atom. The Bertz CT molecular complexity index is 272. The lowest BCUT2D eigenvalue weighted by atomic mass is 9.92. The first-order valence-corrected chi connectivity index (χ1v) is 4.65. The maximum atomic E-state index is 11.4. The van der Waals surface area contributed by atoms with Crippen LogP contribution in [0.15, 0.2) is 12.2 Å². The Balaban J connectivity index is 4.00. The van der Waals surface area contributed by atoms with E-state index in [9.17, 15) is 9.59 Å². The quantitative estimate of drug-likeness (QED) is 0.543. The van der Waals surface area contributed by atoms with E-state index in [1.807, 2.05) is 0 Å². The maximum Gasteiger partial charge on any atom is 0.332 e. The normalized spacial score (nSPS) is 10.9. The maximum absolute atomic E-state index is 11.4. The van der Waals surface area contributed by atoms with E-state index in [2.05, 4.69) is 17.2 Å². The molecule has 5 heteroatoms. The molecule has 0 aromatic carbocycles. The van der Waals surface area contributed by atoms with Gasteiger partial charge < -0.3 is 15.7 Å². The van der Waals surface area contributed by atoms with Gasteiger partial charge in [0.15, 0.2) is 0 Å². The van der Waals surface area contributed by atoms with Crippen LogP contribution in [0.3, 0.4) is 0 Å². The van der Waals surface area contributed by atoms with Crippen molar-refractivity contribution < 1.29 is 14.7 Å². The average Bonchev–Trinajstić information content (AvgIpc) is 2.15. The lowest BCUT2D eigenvalue weighted by molar-refractivity contribution is -0.132. The zero-order valence-electron chi connectivity index (χ0n) is 9.39. The Kier molecular flexibility index (Phi) is 5.00. The summed E-state index contributed by atoms with van der Waals surface area (Å²) in [5.74, 6) is -1.11. The van der Waals surface area contributed by atoms with Crippen LogP contribution in [0.5, 0.6) is 0 Å². The molecule has 0 aromatic rings. The molecular formula is C10H18N2O3. The molecule has 0 saturated heterocycles. The topological polar surface area (TPSA) is 78.4 Å². The number of carbonyl (C=O) groups excluding carboxylic acids is 1. The molecule has 0 aliphatic heterocycles. The summed E-state index contributed by atoms with van der Waals surface area (Å²) in [6, 6.07) is 0. The van der Waals surface area contributed by atoms with Gasteiger partial charge in [-0.2, -0.15) is 0 Å². The summed E-state index contributed by atoms with van der Waals surface area (Å²) >= 11 is 0. The molecule has 0 fully saturated rings. The van der Waals surface area contributed by atoms with Crippen molar-refractivity contribution in [3.63, 3.8) is 0 Å². The van der Waals surface area contributed by atoms with Crippen LogP contribution >= 0.6 is 0 Å². The highest BCUT2D eigenvalue weighted by atomic mass is 16.4. The highest BCUT2D eigenvalue weighted by Crippen LogP contribution is 2.12. The Morgan fingerprint density at radius 3 is 2.33 bits per heavy atom. The molecule has 86 valence electrons. The van der Waals surface area contributed by atoms with Crippen molar-refractivity contribution in [2.75, 3.05) is 20.1 Å². The van der Waals surface area contributed by atoms with Crippen LogP contribution < -0.4 is 10.6 Å². The molecule has 0 atom stereocenters. The van der Waals surface area contributed by atoms with E-state index in [-0.39, 0.29) is 18.0 Å². The number of hydrogen-bond donors (Lipinski definition) is 3. The smallest absolute Gasteiger partial charge is 0.332 e. The van der Waals surface area contributed by atoms with Gasteiger partial charge in [-0.1, -0.05) is 6.58 Å². The third-order valence-electron chi connectivity index (χ3n) is 2.05. The molecule has 0 heterocycles. The summed E-state index contributed by atoms with van der Waals surface area (Å²) in [6.07, 6.45) is 0. The summed E-state index contributed by atoms with van der Waals surface area (Å²) in [5.41, 5.74) is -0.476. The van der Waals surface area contributed by atoms with Crippen molar-refractivity contribution in [2.45, 2.75) is 13.8 Å². The highest BCUT2D eigenvalue weighted by molar-refractivity contribution is 5.86. The van der Waals surface area contributed by atoms with E-state index in [0.717, 1.165) is 0 Å². The van der Waals surface area contributed by atoms with Crippen LogP contribution in [0.2, 0.25) is 0 Å². The number of rotatable bonds is 6. The van der Waals surface area contributed by atoms with E-state index >= 15 is 0 Å². The fourth-order valence-corrected chi connectivity index (χ4v) is 1.02. The number of aliphatic carboxylic acids is 1. The highest BCUT2D eigenvalue weighted by Gasteiger charge is 2.25. The molecule has 5 nitrogen and oxygen atoms in total. The molecule has 0 radical (unpaired) electrons. The third-order valence-corrected chi connectivity index (χ3v) is 2.05. The van der Waals surface area contributed by atoms with Gasteiger partial charge in [0.2, 0.25) is 5.91 Å². The molecule has 15 heavy (non-hydrogen) atoms. The van der Waals surface area contributed by atoms with Crippen molar-refractivity contribution in [1.82, 2.24) is 10.6 Å². The molecule has 0 aliphatic rings. The molecule has 0 rings (SSSR count). The number of nitrogens with one attached hydrogen (secondary N) is 2. The molecule has 0 spiro atoms. The summed E-state index contributed by atoms with van der Waals surface area (Å²) in [6.45, 7) is 7.51. The lowest BCUT2D eigenvalue weighted by Gasteiger charge is -2.22. The SMILES string of the molecule is C=C(CNCC(C)(C)C(=O)NC)C(=O)O. The summed E-state index contributed by atoms with van der Waals surface area (Å²) < 4.78 is 0. The average molecular weight is 214 g/mol. The van der Waals surface area contributed by atoms with Gasteiger partial charge >= 0.3 is 5.97 Å². The molecule has 0 bridgehead atoms. The minimum atomic E-state index is -1.03. The number of carboxylic acids is 1. The van der Waals surface area contributed by atoms with Crippen LogP contribution in [-0.4, -0.2) is 37.1 Å². The second kappa shape index (κ2) is 5.50. The van der Waals surface area contributed by atoms with Crippen molar-refractivity contribution in [3.05, 3.63) is 12.2 Å². The monoisotopic (exact) mass is 214 g/mol. The first-order chi connectivity index (χ1) is 6.81. The fourth-order valence-electron chi connectivity index (χ4n) is 1.02. The van der Waals surface area contributed by atoms with Crippen LogP contribution in [0.1, 0.15) is 13.8 Å². The zero-order valence-corrected chi connectivity index (χ0v) is 9.39. The van der Waals surface area contributed by atoms with Crippen molar-refractivity contribution >= 4 is 11.9 Å². The van der Waals surface area contributed by atoms with E-state index in [1.165, 1.54) is 0 Å². The van der Waals surface area contributed by atoms with Gasteiger partial charge in [-0.3, -0.25) is 4.79 Å². The third kappa shape index (κ3) is 4.60. The van der Waals surface area contributed by atoms with Crippen LogP contribution in [0.4, 0.5) is 0 Å². The van der Waals surface area contributed by atoms with Gasteiger partial charge in [0.1, 0.15) is 0 Å². The summed E-state index contributed by atoms with van der Waals surface area (Å²) in [7, 11) is 1.57. The van der Waals surface area contributed by atoms with Crippen LogP contribution in [-0.2, 0) is 9.59 Å². The molecule has 1 amide bonds. The predicted molar refractivity (Wildman–Crippen MR) is 57.5 cm³/mol. The molecule has 3 N–H and O–H groups in total. The second-order valence-corrected chi connectivity index (χ2v) is 3.98. The first kappa shape index (κ1) is 13.6. The molecule has 0 unspecified atom stereocenters. The van der Waals surface area contributed by atoms with Gasteiger partial charge in [0.05, 0.1) is 5.41 Å². The number of carbonyl (C=O) groups is 2. The van der Waals surface area contributed by atoms with E-state index in [4.69, 9.17) is 5.11 Å². The van der Waals surface area contributed by atoms with Gasteiger partial charge in [-0.15, -0.1) is 0 Å². The van der Waals surface area contributed by atoms with Crippen LogP contribution in [0.25, 0.3) is 0 Å². The van der Waals surface area contributed by atoms with Crippen LogP contribution in [0, 0.1) is 5.41 Å². The van der Waals surface area contributed by atoms with E-state index < -0.39 is 11.4 Å². The largest absolute Gasteiger partial charge is 0.478 e. The van der Waals surface area contributed by atoms with Gasteiger partial charge in [-0.05, 0) is 13.8 Å². The molecule has 0 aromatic heterocycles. The van der Waals surface area contributed by atoms with E-state index in [0.29, 0.717) is 6.54 Å². The lowest BCUT2D eigenvalue weighted by Crippen LogP contribution is -2.42. The molecule has 0 saturated carbocycles. The fraction of sp³-hybridized carbons (Fsp3) is 0.600. The minimum absolute atomic E-state index is 0.0858. The van der Waals surface area contributed by atoms with Crippen molar-refractivity contribution in [3.8, 4) is 0 Å². The predicted octanol–water partition coefficient (Wildman–Crippen LogP) is -0.0110. The second-order valence-electron chi connectivity index (χ2n) is 3.98. The zero-order chi connectivity index (χ0) is 12.1. The standard InChI is InChI=1S/C10H18N2O3/c1-7(8(13)14)5-12-6-10(2,3)9(15)11-4/h12H,1,5-6H2,2-4H3,(H,11,15)(H,13,14). The van der Waals surface area contributed by atoms with Gasteiger partial charge in [-0.25, -0.2) is 4.79 Å². The minimum Gasteiger partial charge on any atom is -0.478 e. The van der Waals surface area contributed by atoms with Crippen molar-refractivity contribution in [1.29, 1.82) is 0 Å². The van der Waals surface area contributed by atoms with E-state index in [1.54, 1.807) is 20.9 Å². The molecule has 0 aliphatic carbocycles. The number of hydrogen-bond acceptors (Lipinski definition) is 3. The number of amides is 1. The summed E-state index contributed by atoms with van der Waals surface area (Å²) in [5, 5.41) is 14.0. The Labute approximate surface area is 89.6 Å². The first-order valence-electron chi connectivity index (χ1n) is 4.65. The molecular weight excluding hydrogens is 196 g/mol. The van der Waals surface area contributed by atoms with Gasteiger partial charge in [0, 0.05) is 25.7 Å². The van der Waals surface area contributed by atoms with Crippen molar-refractivity contribution in [2.24, 2.45) is 5.41 Å².